The maximum absolute atomic E-state index is 11.6. The lowest BCUT2D eigenvalue weighted by Crippen LogP contribution is -2.07. The van der Waals surface area contributed by atoms with Crippen LogP contribution in [0.2, 0.25) is 0 Å². The fourth-order valence-electron chi connectivity index (χ4n) is 3.46. The van der Waals surface area contributed by atoms with Crippen LogP contribution in [0.1, 0.15) is 0 Å². The number of aromatic amines is 1. The van der Waals surface area contributed by atoms with Gasteiger partial charge < -0.3 is 15.6 Å². The van der Waals surface area contributed by atoms with Crippen LogP contribution in [0.4, 0.5) is 17.2 Å². The van der Waals surface area contributed by atoms with Crippen molar-refractivity contribution in [3.8, 4) is 22.6 Å². The highest BCUT2D eigenvalue weighted by Crippen LogP contribution is 2.29. The molecule has 4 aromatic heterocycles. The Kier molecular flexibility index (Phi) is 5.12. The van der Waals surface area contributed by atoms with Gasteiger partial charge in [-0.1, -0.05) is 12.6 Å². The van der Waals surface area contributed by atoms with Crippen LogP contribution >= 0.6 is 0 Å². The van der Waals surface area contributed by atoms with E-state index in [-0.39, 0.29) is 5.91 Å². The lowest BCUT2D eigenvalue weighted by Gasteiger charge is -2.08. The van der Waals surface area contributed by atoms with Gasteiger partial charge in [-0.05, 0) is 48.5 Å². The summed E-state index contributed by atoms with van der Waals surface area (Å²) in [7, 11) is 1.88. The number of fused-ring (bicyclic) bond motifs is 1. The largest absolute Gasteiger partial charge is 0.340 e. The quantitative estimate of drug-likeness (QED) is 0.342. The van der Waals surface area contributed by atoms with Crippen LogP contribution in [-0.2, 0) is 11.8 Å². The topological polar surface area (TPSA) is 113 Å². The van der Waals surface area contributed by atoms with E-state index < -0.39 is 0 Å². The van der Waals surface area contributed by atoms with Crippen LogP contribution in [0, 0.1) is 0 Å². The summed E-state index contributed by atoms with van der Waals surface area (Å²) in [6.07, 6.45) is 6.42. The van der Waals surface area contributed by atoms with Gasteiger partial charge in [0.1, 0.15) is 23.5 Å². The van der Waals surface area contributed by atoms with Gasteiger partial charge in [-0.2, -0.15) is 5.10 Å². The van der Waals surface area contributed by atoms with E-state index in [0.717, 1.165) is 33.7 Å². The Hall–Kier alpha value is -4.79. The number of rotatable bonds is 6. The van der Waals surface area contributed by atoms with Gasteiger partial charge in [0.15, 0.2) is 0 Å². The van der Waals surface area contributed by atoms with Crippen molar-refractivity contribution in [1.29, 1.82) is 0 Å². The molecule has 0 saturated heterocycles. The summed E-state index contributed by atoms with van der Waals surface area (Å²) in [6.45, 7) is 3.47. The first-order valence-electron chi connectivity index (χ1n) is 10.2. The second kappa shape index (κ2) is 8.39. The molecule has 0 aliphatic carbocycles. The highest BCUT2D eigenvalue weighted by Gasteiger charge is 2.11. The molecule has 0 fully saturated rings. The summed E-state index contributed by atoms with van der Waals surface area (Å²) < 4.78 is 1.75. The SMILES string of the molecule is C=CC(=O)Nc1cccc(Nc2ncnc3[nH]c(-c4ccc(-c5ccn(C)n5)nc4)cc23)c1. The van der Waals surface area contributed by atoms with Crippen molar-refractivity contribution in [2.24, 2.45) is 7.05 Å². The van der Waals surface area contributed by atoms with Crippen LogP contribution in [-0.4, -0.2) is 35.6 Å². The average molecular weight is 436 g/mol. The zero-order valence-corrected chi connectivity index (χ0v) is 17.8. The number of aromatic nitrogens is 6. The van der Waals surface area contributed by atoms with Crippen LogP contribution in [0.5, 0.6) is 0 Å². The van der Waals surface area contributed by atoms with Gasteiger partial charge in [0.2, 0.25) is 5.91 Å². The predicted octanol–water partition coefficient (Wildman–Crippen LogP) is 4.29. The molecule has 3 N–H and O–H groups in total. The number of nitrogens with one attached hydrogen (secondary N) is 3. The minimum Gasteiger partial charge on any atom is -0.340 e. The number of nitrogens with zero attached hydrogens (tertiary/aromatic N) is 5. The Morgan fingerprint density at radius 1 is 1.06 bits per heavy atom. The van der Waals surface area contributed by atoms with E-state index in [1.807, 2.05) is 55.7 Å². The molecule has 9 heteroatoms. The Balaban J connectivity index is 1.42. The summed E-state index contributed by atoms with van der Waals surface area (Å²) in [5.74, 6) is 0.377. The third-order valence-electron chi connectivity index (χ3n) is 5.05. The first-order chi connectivity index (χ1) is 16.1. The van der Waals surface area contributed by atoms with Crippen molar-refractivity contribution in [3.63, 3.8) is 0 Å². The van der Waals surface area contributed by atoms with Crippen molar-refractivity contribution in [2.45, 2.75) is 0 Å². The fourth-order valence-corrected chi connectivity index (χ4v) is 3.46. The molecule has 4 heterocycles. The molecule has 5 rings (SSSR count). The lowest BCUT2D eigenvalue weighted by molar-refractivity contribution is -0.111. The molecule has 9 nitrogen and oxygen atoms in total. The number of anilines is 3. The van der Waals surface area contributed by atoms with Crippen LogP contribution in [0.3, 0.4) is 0 Å². The number of aryl methyl sites for hydroxylation is 1. The van der Waals surface area contributed by atoms with Crippen molar-refractivity contribution < 1.29 is 4.79 Å². The molecule has 5 aromatic rings. The molecule has 0 spiro atoms. The van der Waals surface area contributed by atoms with Crippen LogP contribution in [0.15, 0.2) is 79.9 Å². The first-order valence-corrected chi connectivity index (χ1v) is 10.2. The van der Waals surface area contributed by atoms with Gasteiger partial charge >= 0.3 is 0 Å². The van der Waals surface area contributed by atoms with E-state index in [2.05, 4.69) is 42.2 Å². The third-order valence-corrected chi connectivity index (χ3v) is 5.05. The molecule has 1 aromatic carbocycles. The molecule has 162 valence electrons. The summed E-state index contributed by atoms with van der Waals surface area (Å²) in [6, 6.07) is 15.2. The van der Waals surface area contributed by atoms with Gasteiger partial charge in [-0.3, -0.25) is 14.5 Å². The first kappa shape index (κ1) is 20.1. The van der Waals surface area contributed by atoms with Gasteiger partial charge in [-0.15, -0.1) is 0 Å². The molecule has 0 radical (unpaired) electrons. The number of pyridine rings is 1. The van der Waals surface area contributed by atoms with E-state index in [1.54, 1.807) is 16.9 Å². The highest BCUT2D eigenvalue weighted by molar-refractivity contribution is 5.99. The number of amides is 1. The Morgan fingerprint density at radius 2 is 1.94 bits per heavy atom. The predicted molar refractivity (Wildman–Crippen MR) is 128 cm³/mol. The Bertz CT molecular complexity index is 1470. The molecule has 0 atom stereocenters. The van der Waals surface area contributed by atoms with Gasteiger partial charge in [0.05, 0.1) is 11.1 Å². The number of hydrogen-bond donors (Lipinski definition) is 3. The number of hydrogen-bond acceptors (Lipinski definition) is 6. The standard InChI is InChI=1S/C24H20N8O/c1-3-22(33)28-16-5-4-6-17(11-16)29-23-18-12-21(30-24(18)27-14-26-23)15-7-8-19(25-13-15)20-9-10-32(2)31-20/h3-14H,1H2,2H3,(H,28,33)(H2,26,27,29,30). The zero-order chi connectivity index (χ0) is 22.8. The van der Waals surface area contributed by atoms with Gasteiger partial charge in [-0.25, -0.2) is 9.97 Å². The van der Waals surface area contributed by atoms with E-state index in [4.69, 9.17) is 0 Å². The molecule has 1 amide bonds. The minimum absolute atomic E-state index is 0.269. The number of carbonyl (C=O) groups excluding carboxylic acids is 1. The number of H-pyrrole nitrogens is 1. The summed E-state index contributed by atoms with van der Waals surface area (Å²) in [5.41, 5.74) is 5.57. The molecule has 0 unspecified atom stereocenters. The monoisotopic (exact) mass is 436 g/mol. The number of benzene rings is 1. The summed E-state index contributed by atoms with van der Waals surface area (Å²) >= 11 is 0. The van der Waals surface area contributed by atoms with E-state index in [1.165, 1.54) is 12.4 Å². The van der Waals surface area contributed by atoms with E-state index >= 15 is 0 Å². The normalized spacial score (nSPS) is 10.8. The van der Waals surface area contributed by atoms with Crippen molar-refractivity contribution >= 4 is 34.1 Å². The molecule has 0 aliphatic rings. The van der Waals surface area contributed by atoms with Gasteiger partial charge in [0.25, 0.3) is 0 Å². The van der Waals surface area contributed by atoms with Gasteiger partial charge in [0, 0.05) is 42.1 Å². The average Bonchev–Trinajstić information content (AvgIpc) is 3.46. The zero-order valence-electron chi connectivity index (χ0n) is 17.8. The second-order valence-corrected chi connectivity index (χ2v) is 7.37. The van der Waals surface area contributed by atoms with E-state index in [9.17, 15) is 4.79 Å². The smallest absolute Gasteiger partial charge is 0.247 e. The molecule has 0 aliphatic heterocycles. The van der Waals surface area contributed by atoms with Crippen molar-refractivity contribution in [1.82, 2.24) is 29.7 Å². The minimum atomic E-state index is -0.269. The summed E-state index contributed by atoms with van der Waals surface area (Å²) in [4.78, 5) is 28.2. The fraction of sp³-hybridized carbons (Fsp3) is 0.0417. The molecule has 0 saturated carbocycles. The van der Waals surface area contributed by atoms with Crippen molar-refractivity contribution in [2.75, 3.05) is 10.6 Å². The van der Waals surface area contributed by atoms with E-state index in [0.29, 0.717) is 17.2 Å². The molecule has 33 heavy (non-hydrogen) atoms. The maximum Gasteiger partial charge on any atom is 0.247 e. The van der Waals surface area contributed by atoms with Crippen molar-refractivity contribution in [3.05, 3.63) is 79.9 Å². The molecular formula is C24H20N8O. The third kappa shape index (κ3) is 4.19. The van der Waals surface area contributed by atoms with Crippen LogP contribution in [0.25, 0.3) is 33.7 Å². The Morgan fingerprint density at radius 3 is 2.70 bits per heavy atom. The second-order valence-electron chi connectivity index (χ2n) is 7.37. The molecule has 0 bridgehead atoms. The maximum atomic E-state index is 11.6. The molecular weight excluding hydrogens is 416 g/mol. The lowest BCUT2D eigenvalue weighted by atomic mass is 10.1. The summed E-state index contributed by atoms with van der Waals surface area (Å²) in [5, 5.41) is 11.3. The highest BCUT2D eigenvalue weighted by atomic mass is 16.1. The van der Waals surface area contributed by atoms with Crippen LogP contribution < -0.4 is 10.6 Å². The Labute approximate surface area is 189 Å². The number of carbonyl (C=O) groups is 1.